The van der Waals surface area contributed by atoms with E-state index >= 15 is 0 Å². The summed E-state index contributed by atoms with van der Waals surface area (Å²) >= 11 is 0. The molecule has 32 heavy (non-hydrogen) atoms. The minimum absolute atomic E-state index is 0.187. The van der Waals surface area contributed by atoms with Gasteiger partial charge in [-0.3, -0.25) is 4.98 Å². The van der Waals surface area contributed by atoms with Crippen LogP contribution in [0.4, 0.5) is 5.69 Å². The second-order valence-electron chi connectivity index (χ2n) is 8.57. The van der Waals surface area contributed by atoms with Crippen molar-refractivity contribution in [3.05, 3.63) is 60.6 Å². The van der Waals surface area contributed by atoms with Crippen molar-refractivity contribution in [1.82, 2.24) is 13.9 Å². The summed E-state index contributed by atoms with van der Waals surface area (Å²) in [7, 11) is 0.0603. The number of ether oxygens (including phenoxy) is 1. The molecule has 168 valence electrons. The van der Waals surface area contributed by atoms with E-state index in [0.717, 1.165) is 55.7 Å². The zero-order valence-corrected chi connectivity index (χ0v) is 19.3. The highest BCUT2D eigenvalue weighted by atomic mass is 32.2. The summed E-state index contributed by atoms with van der Waals surface area (Å²) in [5, 5.41) is 0.958. The predicted molar refractivity (Wildman–Crippen MR) is 126 cm³/mol. The quantitative estimate of drug-likeness (QED) is 0.592. The summed E-state index contributed by atoms with van der Waals surface area (Å²) in [5.41, 5.74) is 3.90. The molecule has 0 saturated carbocycles. The van der Waals surface area contributed by atoms with Crippen molar-refractivity contribution >= 4 is 32.2 Å². The molecule has 0 N–H and O–H groups in total. The topological polar surface area (TPSA) is 67.7 Å². The van der Waals surface area contributed by atoms with Crippen LogP contribution < -0.4 is 4.90 Å². The molecule has 2 aliphatic rings. The van der Waals surface area contributed by atoms with Gasteiger partial charge in [0.25, 0.3) is 10.0 Å². The molecule has 8 heteroatoms. The SMILES string of the molecule is COC1CCN(c2ccc3c(C4=CCN(C)CC4)cn(S(=O)(=O)c4cccnc4)c3c2)C1. The summed E-state index contributed by atoms with van der Waals surface area (Å²) in [4.78, 5) is 8.73. The van der Waals surface area contributed by atoms with E-state index in [9.17, 15) is 8.42 Å². The van der Waals surface area contributed by atoms with E-state index in [0.29, 0.717) is 5.52 Å². The molecule has 1 fully saturated rings. The summed E-state index contributed by atoms with van der Waals surface area (Å²) in [6, 6.07) is 9.41. The molecule has 1 atom stereocenters. The molecular weight excluding hydrogens is 424 g/mol. The van der Waals surface area contributed by atoms with Crippen LogP contribution in [-0.4, -0.2) is 68.7 Å². The molecule has 0 bridgehead atoms. The molecule has 7 nitrogen and oxygen atoms in total. The number of methoxy groups -OCH3 is 1. The lowest BCUT2D eigenvalue weighted by atomic mass is 9.99. The van der Waals surface area contributed by atoms with Gasteiger partial charge >= 0.3 is 0 Å². The second kappa shape index (κ2) is 8.35. The number of anilines is 1. The van der Waals surface area contributed by atoms with Crippen LogP contribution in [0.25, 0.3) is 16.5 Å². The zero-order valence-electron chi connectivity index (χ0n) is 18.4. The molecule has 1 aromatic carbocycles. The first-order valence-corrected chi connectivity index (χ1v) is 12.4. The lowest BCUT2D eigenvalue weighted by Gasteiger charge is -2.22. The fourth-order valence-electron chi connectivity index (χ4n) is 4.62. The Balaban J connectivity index is 1.66. The van der Waals surface area contributed by atoms with Crippen molar-refractivity contribution in [2.75, 3.05) is 45.2 Å². The maximum Gasteiger partial charge on any atom is 0.269 e. The van der Waals surface area contributed by atoms with Crippen LogP contribution in [0.3, 0.4) is 0 Å². The summed E-state index contributed by atoms with van der Waals surface area (Å²) in [6.07, 6.45) is 9.05. The van der Waals surface area contributed by atoms with Gasteiger partial charge in [0.05, 0.1) is 11.6 Å². The molecule has 4 heterocycles. The van der Waals surface area contributed by atoms with E-state index in [1.54, 1.807) is 31.6 Å². The van der Waals surface area contributed by atoms with Gasteiger partial charge in [0.15, 0.2) is 0 Å². The van der Waals surface area contributed by atoms with E-state index in [-0.39, 0.29) is 11.0 Å². The number of hydrogen-bond acceptors (Lipinski definition) is 6. The van der Waals surface area contributed by atoms with Crippen LogP contribution in [0.1, 0.15) is 18.4 Å². The Labute approximate surface area is 189 Å². The van der Waals surface area contributed by atoms with Crippen molar-refractivity contribution in [2.45, 2.75) is 23.8 Å². The number of hydrogen-bond donors (Lipinski definition) is 0. The first-order chi connectivity index (χ1) is 15.5. The van der Waals surface area contributed by atoms with Crippen molar-refractivity contribution in [2.24, 2.45) is 0 Å². The number of fused-ring (bicyclic) bond motifs is 1. The van der Waals surface area contributed by atoms with E-state index in [1.165, 1.54) is 15.7 Å². The van der Waals surface area contributed by atoms with Crippen molar-refractivity contribution in [1.29, 1.82) is 0 Å². The monoisotopic (exact) mass is 452 g/mol. The Bertz CT molecular complexity index is 1270. The number of nitrogens with zero attached hydrogens (tertiary/aromatic N) is 4. The lowest BCUT2D eigenvalue weighted by Crippen LogP contribution is -2.23. The third kappa shape index (κ3) is 3.72. The van der Waals surface area contributed by atoms with Crippen molar-refractivity contribution in [3.63, 3.8) is 0 Å². The zero-order chi connectivity index (χ0) is 22.3. The van der Waals surface area contributed by atoms with Gasteiger partial charge in [0.2, 0.25) is 0 Å². The summed E-state index contributed by atoms with van der Waals surface area (Å²) in [6.45, 7) is 3.52. The molecule has 3 aromatic rings. The molecule has 0 radical (unpaired) electrons. The number of pyridine rings is 1. The third-order valence-corrected chi connectivity index (χ3v) is 8.21. The standard InChI is InChI=1S/C24H28N4O3S/c1-26-11-7-18(8-12-26)23-17-28(32(29,30)21-4-3-10-25-15-21)24-14-19(5-6-22(23)24)27-13-9-20(16-27)31-2/h3-7,10,14-15,17,20H,8-9,11-13,16H2,1-2H3. The highest BCUT2D eigenvalue weighted by Crippen LogP contribution is 2.35. The fraction of sp³-hybridized carbons (Fsp3) is 0.375. The number of aromatic nitrogens is 2. The number of likely N-dealkylation sites (N-methyl/N-ethyl adjacent to an activating group) is 1. The minimum atomic E-state index is -3.78. The number of benzene rings is 1. The average Bonchev–Trinajstić information content (AvgIpc) is 3.45. The smallest absolute Gasteiger partial charge is 0.269 e. The molecular formula is C24H28N4O3S. The Morgan fingerprint density at radius 3 is 2.75 bits per heavy atom. The third-order valence-electron chi connectivity index (χ3n) is 6.55. The molecule has 0 aliphatic carbocycles. The van der Waals surface area contributed by atoms with Crippen LogP contribution in [-0.2, 0) is 14.8 Å². The van der Waals surface area contributed by atoms with Crippen LogP contribution in [0.15, 0.2) is 59.9 Å². The van der Waals surface area contributed by atoms with Crippen LogP contribution in [0.2, 0.25) is 0 Å². The molecule has 2 aromatic heterocycles. The highest BCUT2D eigenvalue weighted by Gasteiger charge is 2.26. The molecule has 0 spiro atoms. The van der Waals surface area contributed by atoms with Gasteiger partial charge in [-0.25, -0.2) is 12.4 Å². The summed E-state index contributed by atoms with van der Waals surface area (Å²) in [5.74, 6) is 0. The van der Waals surface area contributed by atoms with E-state index in [1.807, 2.05) is 6.07 Å². The lowest BCUT2D eigenvalue weighted by molar-refractivity contribution is 0.121. The molecule has 1 unspecified atom stereocenters. The van der Waals surface area contributed by atoms with Crippen LogP contribution in [0, 0.1) is 0 Å². The van der Waals surface area contributed by atoms with Gasteiger partial charge < -0.3 is 14.5 Å². The van der Waals surface area contributed by atoms with Crippen LogP contribution >= 0.6 is 0 Å². The van der Waals surface area contributed by atoms with Crippen molar-refractivity contribution < 1.29 is 13.2 Å². The Morgan fingerprint density at radius 1 is 1.19 bits per heavy atom. The van der Waals surface area contributed by atoms with E-state index < -0.39 is 10.0 Å². The normalized spacial score (nSPS) is 20.1. The first kappa shape index (κ1) is 21.2. The van der Waals surface area contributed by atoms with E-state index in [4.69, 9.17) is 4.74 Å². The van der Waals surface area contributed by atoms with Gasteiger partial charge in [-0.2, -0.15) is 0 Å². The van der Waals surface area contributed by atoms with Gasteiger partial charge in [0, 0.05) is 68.5 Å². The van der Waals surface area contributed by atoms with Crippen LogP contribution in [0.5, 0.6) is 0 Å². The molecule has 5 rings (SSSR count). The minimum Gasteiger partial charge on any atom is -0.380 e. The predicted octanol–water partition coefficient (Wildman–Crippen LogP) is 3.22. The van der Waals surface area contributed by atoms with Gasteiger partial charge in [0.1, 0.15) is 4.90 Å². The Morgan fingerprint density at radius 2 is 2.06 bits per heavy atom. The largest absolute Gasteiger partial charge is 0.380 e. The van der Waals surface area contributed by atoms with Crippen molar-refractivity contribution in [3.8, 4) is 0 Å². The van der Waals surface area contributed by atoms with Gasteiger partial charge in [-0.05, 0) is 49.7 Å². The second-order valence-corrected chi connectivity index (χ2v) is 10.4. The molecule has 1 saturated heterocycles. The van der Waals surface area contributed by atoms with E-state index in [2.05, 4.69) is 40.0 Å². The first-order valence-electron chi connectivity index (χ1n) is 10.9. The van der Waals surface area contributed by atoms with Gasteiger partial charge in [-0.15, -0.1) is 0 Å². The maximum absolute atomic E-state index is 13.6. The molecule has 0 amide bonds. The van der Waals surface area contributed by atoms with Gasteiger partial charge in [-0.1, -0.05) is 12.1 Å². The fourth-order valence-corrected chi connectivity index (χ4v) is 5.95. The maximum atomic E-state index is 13.6. The highest BCUT2D eigenvalue weighted by molar-refractivity contribution is 7.90. The summed E-state index contributed by atoms with van der Waals surface area (Å²) < 4.78 is 34.1. The number of rotatable bonds is 5. The molecule has 2 aliphatic heterocycles. The average molecular weight is 453 g/mol. The Hall–Kier alpha value is -2.68. The Kier molecular flexibility index (Phi) is 5.53.